The Labute approximate surface area is 179 Å². The molecular weight excluding hydrogens is 451 g/mol. The molecule has 1 aliphatic rings. The highest BCUT2D eigenvalue weighted by Gasteiger charge is 2.25. The molecule has 2 N–H and O–H groups in total. The van der Waals surface area contributed by atoms with Gasteiger partial charge in [-0.05, 0) is 37.3 Å². The van der Waals surface area contributed by atoms with Gasteiger partial charge in [-0.1, -0.05) is 43.3 Å². The van der Waals surface area contributed by atoms with Gasteiger partial charge in [0.25, 0.3) is 0 Å². The first-order valence-corrected chi connectivity index (χ1v) is 9.80. The van der Waals surface area contributed by atoms with Gasteiger partial charge < -0.3 is 15.2 Å². The number of halogens is 1. The molecule has 2 aromatic rings. The number of aromatic nitrogens is 1. The molecule has 0 spiro atoms. The summed E-state index contributed by atoms with van der Waals surface area (Å²) in [7, 11) is 0. The van der Waals surface area contributed by atoms with E-state index in [2.05, 4.69) is 65.8 Å². The fourth-order valence-electron chi connectivity index (χ4n) is 3.57. The van der Waals surface area contributed by atoms with Crippen LogP contribution in [0.5, 0.6) is 0 Å². The third-order valence-corrected chi connectivity index (χ3v) is 5.20. The minimum atomic E-state index is 0. The average Bonchev–Trinajstić information content (AvgIpc) is 3.10. The van der Waals surface area contributed by atoms with E-state index in [0.717, 1.165) is 49.8 Å². The summed E-state index contributed by atoms with van der Waals surface area (Å²) >= 11 is 0. The molecule has 1 aromatic heterocycles. The molecule has 0 bridgehead atoms. The zero-order chi connectivity index (χ0) is 18.4. The topological polar surface area (TPSA) is 62.5 Å². The lowest BCUT2D eigenvalue weighted by Gasteiger charge is -2.30. The summed E-state index contributed by atoms with van der Waals surface area (Å²) in [5.74, 6) is 2.69. The van der Waals surface area contributed by atoms with Crippen molar-refractivity contribution in [1.29, 1.82) is 0 Å². The minimum absolute atomic E-state index is 0. The molecule has 0 saturated carbocycles. The van der Waals surface area contributed by atoms with Gasteiger partial charge in [0.05, 0.1) is 5.69 Å². The lowest BCUT2D eigenvalue weighted by molar-refractivity contribution is 0.372. The highest BCUT2D eigenvalue weighted by Crippen LogP contribution is 2.33. The second-order valence-electron chi connectivity index (χ2n) is 6.91. The van der Waals surface area contributed by atoms with Gasteiger partial charge >= 0.3 is 0 Å². The van der Waals surface area contributed by atoms with Crippen LogP contribution in [0.1, 0.15) is 68.0 Å². The molecule has 1 aliphatic carbocycles. The molecule has 3 rings (SSSR count). The quantitative estimate of drug-likeness (QED) is 0.328. The Morgan fingerprint density at radius 2 is 2.00 bits per heavy atom. The Morgan fingerprint density at radius 3 is 2.70 bits per heavy atom. The van der Waals surface area contributed by atoms with Crippen LogP contribution < -0.4 is 10.6 Å². The number of fused-ring (bicyclic) bond motifs is 1. The molecule has 0 aliphatic heterocycles. The Balaban J connectivity index is 0.00000261. The van der Waals surface area contributed by atoms with Crippen molar-refractivity contribution in [2.45, 2.75) is 58.4 Å². The Hall–Kier alpha value is -1.57. The van der Waals surface area contributed by atoms with Crippen LogP contribution in [0.4, 0.5) is 0 Å². The van der Waals surface area contributed by atoms with Gasteiger partial charge in [-0.3, -0.25) is 0 Å². The van der Waals surface area contributed by atoms with Gasteiger partial charge in [0.2, 0.25) is 0 Å². The fraction of sp³-hybridized carbons (Fsp3) is 0.524. The van der Waals surface area contributed by atoms with Crippen molar-refractivity contribution in [2.24, 2.45) is 4.99 Å². The average molecular weight is 482 g/mol. The second-order valence-corrected chi connectivity index (χ2v) is 6.91. The Morgan fingerprint density at radius 1 is 1.22 bits per heavy atom. The maximum atomic E-state index is 5.47. The minimum Gasteiger partial charge on any atom is -0.359 e. The SMILES string of the molecule is CCNC(=NCc1cc(C(CC)CC)no1)NCC1Cc2ccccc21.I. The first kappa shape index (κ1) is 21.7. The van der Waals surface area contributed by atoms with Crippen molar-refractivity contribution in [3.05, 3.63) is 52.9 Å². The van der Waals surface area contributed by atoms with E-state index in [-0.39, 0.29) is 24.0 Å². The number of rotatable bonds is 8. The van der Waals surface area contributed by atoms with E-state index in [1.54, 1.807) is 0 Å². The Bertz CT molecular complexity index is 739. The monoisotopic (exact) mass is 482 g/mol. The molecule has 1 atom stereocenters. The first-order chi connectivity index (χ1) is 12.7. The van der Waals surface area contributed by atoms with Crippen molar-refractivity contribution < 1.29 is 4.52 Å². The summed E-state index contributed by atoms with van der Waals surface area (Å²) in [5, 5.41) is 11.0. The number of nitrogens with zero attached hydrogens (tertiary/aromatic N) is 2. The summed E-state index contributed by atoms with van der Waals surface area (Å²) in [4.78, 5) is 4.66. The van der Waals surface area contributed by atoms with Crippen LogP contribution in [-0.4, -0.2) is 24.2 Å². The van der Waals surface area contributed by atoms with Gasteiger partial charge in [0.15, 0.2) is 11.7 Å². The summed E-state index contributed by atoms with van der Waals surface area (Å²) in [6, 6.07) is 10.7. The zero-order valence-corrected chi connectivity index (χ0v) is 18.8. The third kappa shape index (κ3) is 5.46. The molecule has 0 fully saturated rings. The summed E-state index contributed by atoms with van der Waals surface area (Å²) < 4.78 is 5.47. The predicted octanol–water partition coefficient (Wildman–Crippen LogP) is 4.59. The van der Waals surface area contributed by atoms with Crippen LogP contribution in [0.15, 0.2) is 39.8 Å². The van der Waals surface area contributed by atoms with E-state index in [1.807, 2.05) is 6.07 Å². The standard InChI is InChI=1S/C21H30N4O.HI/c1-4-15(5-2)20-12-18(26-25-20)14-24-21(22-6-3)23-13-17-11-16-9-7-8-10-19(16)17;/h7-10,12,15,17H,4-6,11,13-14H2,1-3H3,(H2,22,23,24);1H. The van der Waals surface area contributed by atoms with Crippen LogP contribution in [-0.2, 0) is 13.0 Å². The molecule has 6 heteroatoms. The predicted molar refractivity (Wildman–Crippen MR) is 121 cm³/mol. The lowest BCUT2D eigenvalue weighted by Crippen LogP contribution is -2.41. The smallest absolute Gasteiger partial charge is 0.191 e. The molecule has 1 heterocycles. The normalized spacial score (nSPS) is 15.7. The number of hydrogen-bond donors (Lipinski definition) is 2. The number of nitrogens with one attached hydrogen (secondary N) is 2. The highest BCUT2D eigenvalue weighted by molar-refractivity contribution is 14.0. The van der Waals surface area contributed by atoms with Crippen LogP contribution in [0.25, 0.3) is 0 Å². The van der Waals surface area contributed by atoms with Gasteiger partial charge in [-0.25, -0.2) is 4.99 Å². The zero-order valence-electron chi connectivity index (χ0n) is 16.5. The number of hydrogen-bond acceptors (Lipinski definition) is 3. The van der Waals surface area contributed by atoms with Gasteiger partial charge in [0.1, 0.15) is 6.54 Å². The molecule has 0 saturated heterocycles. The Kier molecular flexibility index (Phi) is 8.60. The number of aliphatic imine (C=N–C) groups is 1. The molecule has 0 radical (unpaired) electrons. The molecule has 1 unspecified atom stereocenters. The number of benzene rings is 1. The van der Waals surface area contributed by atoms with Gasteiger partial charge in [-0.2, -0.15) is 0 Å². The maximum absolute atomic E-state index is 5.47. The van der Waals surface area contributed by atoms with Gasteiger partial charge in [0, 0.05) is 31.0 Å². The summed E-state index contributed by atoms with van der Waals surface area (Å²) in [6.45, 7) is 8.69. The molecule has 27 heavy (non-hydrogen) atoms. The summed E-state index contributed by atoms with van der Waals surface area (Å²) in [6.07, 6.45) is 3.31. The largest absolute Gasteiger partial charge is 0.359 e. The van der Waals surface area contributed by atoms with Crippen LogP contribution in [0.3, 0.4) is 0 Å². The van der Waals surface area contributed by atoms with Crippen molar-refractivity contribution in [1.82, 2.24) is 15.8 Å². The van der Waals surface area contributed by atoms with E-state index < -0.39 is 0 Å². The molecular formula is C21H31IN4O. The fourth-order valence-corrected chi connectivity index (χ4v) is 3.57. The molecule has 5 nitrogen and oxygen atoms in total. The van der Waals surface area contributed by atoms with Gasteiger partial charge in [-0.15, -0.1) is 24.0 Å². The van der Waals surface area contributed by atoms with E-state index in [1.165, 1.54) is 11.1 Å². The van der Waals surface area contributed by atoms with Crippen molar-refractivity contribution >= 4 is 29.9 Å². The number of guanidine groups is 1. The van der Waals surface area contributed by atoms with Crippen molar-refractivity contribution in [3.8, 4) is 0 Å². The first-order valence-electron chi connectivity index (χ1n) is 9.80. The molecule has 1 aromatic carbocycles. The highest BCUT2D eigenvalue weighted by atomic mass is 127. The van der Waals surface area contributed by atoms with Crippen molar-refractivity contribution in [2.75, 3.05) is 13.1 Å². The maximum Gasteiger partial charge on any atom is 0.191 e. The van der Waals surface area contributed by atoms with Crippen molar-refractivity contribution in [3.63, 3.8) is 0 Å². The second kappa shape index (κ2) is 10.7. The van der Waals surface area contributed by atoms with E-state index >= 15 is 0 Å². The third-order valence-electron chi connectivity index (χ3n) is 5.20. The van der Waals surface area contributed by atoms with Crippen LogP contribution >= 0.6 is 24.0 Å². The molecule has 0 amide bonds. The van der Waals surface area contributed by atoms with Crippen LogP contribution in [0.2, 0.25) is 0 Å². The molecule has 148 valence electrons. The lowest BCUT2D eigenvalue weighted by atomic mass is 9.78. The van der Waals surface area contributed by atoms with Crippen LogP contribution in [0, 0.1) is 0 Å². The van der Waals surface area contributed by atoms with E-state index in [4.69, 9.17) is 4.52 Å². The van der Waals surface area contributed by atoms with E-state index in [9.17, 15) is 0 Å². The van der Waals surface area contributed by atoms with E-state index in [0.29, 0.717) is 18.4 Å². The summed E-state index contributed by atoms with van der Waals surface area (Å²) in [5.41, 5.74) is 3.97.